The number of ether oxygens (including phenoxy) is 3. The summed E-state index contributed by atoms with van der Waals surface area (Å²) in [6.45, 7) is -43.9. The first-order valence-corrected chi connectivity index (χ1v) is 27.9. The first-order chi connectivity index (χ1) is 44.7. The molecule has 9 rings (SSSR count). The Bertz CT molecular complexity index is 3220. The molecule has 0 amide bonds. The highest BCUT2D eigenvalue weighted by Gasteiger charge is 2.54. The van der Waals surface area contributed by atoms with Crippen LogP contribution >= 0.6 is 141 Å². The van der Waals surface area contributed by atoms with E-state index in [1.165, 1.54) is 20.8 Å². The number of carbonyl (C=O) groups is 3. The molecule has 0 bridgehead atoms. The Balaban J connectivity index is 1.76. The van der Waals surface area contributed by atoms with Gasteiger partial charge < -0.3 is 14.2 Å². The average molecular weight is 1120 g/mol. The van der Waals surface area contributed by atoms with E-state index in [9.17, 15) is 0 Å². The van der Waals surface area contributed by atoms with Crippen molar-refractivity contribution in [3.8, 4) is 0 Å². The maximum atomic E-state index is 15.2. The molecule has 0 N–H and O–H groups in total. The van der Waals surface area contributed by atoms with Crippen LogP contribution < -0.4 is 0 Å². The molecule has 343 valence electrons. The van der Waals surface area contributed by atoms with Crippen molar-refractivity contribution in [2.45, 2.75) is 186 Å². The molecule has 0 aromatic heterocycles. The minimum atomic E-state index is -3.83. The second-order valence-corrected chi connectivity index (χ2v) is 29.9. The van der Waals surface area contributed by atoms with Gasteiger partial charge in [-0.25, -0.2) is 14.4 Å². The van der Waals surface area contributed by atoms with Gasteiger partial charge in [0, 0.05) is 108 Å². The van der Waals surface area contributed by atoms with Crippen molar-refractivity contribution in [3.05, 3.63) is 39.3 Å². The molecule has 6 heterocycles. The Morgan fingerprint density at radius 2 is 0.484 bits per heavy atom. The Morgan fingerprint density at radius 1 is 0.328 bits per heavy atom. The van der Waals surface area contributed by atoms with Crippen molar-refractivity contribution < 1.29 is 77.9 Å². The lowest BCUT2D eigenvalue weighted by molar-refractivity contribution is 0.0507. The van der Waals surface area contributed by atoms with Crippen molar-refractivity contribution >= 4 is 159 Å². The third kappa shape index (κ3) is 8.56. The Morgan fingerprint density at radius 3 is 0.625 bits per heavy atom. The van der Waals surface area contributed by atoms with Gasteiger partial charge >= 0.3 is 17.9 Å². The van der Waals surface area contributed by atoms with E-state index in [0.29, 0.717) is 0 Å². The molecule has 3 aromatic carbocycles. The zero-order valence-electron chi connectivity index (χ0n) is 68.5. The van der Waals surface area contributed by atoms with Gasteiger partial charge in [0.05, 0.1) is 66.9 Å². The van der Waals surface area contributed by atoms with Gasteiger partial charge in [0.2, 0.25) is 0 Å². The van der Waals surface area contributed by atoms with E-state index in [1.54, 1.807) is 0 Å². The zero-order valence-corrected chi connectivity index (χ0v) is 42.3. The van der Waals surface area contributed by atoms with Gasteiger partial charge in [-0.1, -0.05) is 0 Å². The van der Waals surface area contributed by atoms with E-state index >= 15 is 14.4 Å². The second kappa shape index (κ2) is 17.0. The highest BCUT2D eigenvalue weighted by molar-refractivity contribution is 8.23. The average Bonchev–Trinajstić information content (AvgIpc) is 1.50. The molecule has 0 saturated heterocycles. The van der Waals surface area contributed by atoms with Crippen molar-refractivity contribution in [1.82, 2.24) is 0 Å². The number of carbonyl (C=O) groups excluding carboxylic acids is 3. The van der Waals surface area contributed by atoms with Crippen LogP contribution in [0, 0.1) is 5.92 Å². The van der Waals surface area contributed by atoms with Gasteiger partial charge in [-0.15, -0.1) is 141 Å². The molecule has 0 saturated carbocycles. The summed E-state index contributed by atoms with van der Waals surface area (Å²) in [6.07, 6.45) is 0. The van der Waals surface area contributed by atoms with Crippen LogP contribution in [0.3, 0.4) is 0 Å². The van der Waals surface area contributed by atoms with Crippen LogP contribution in [0.1, 0.15) is 200 Å². The lowest BCUT2D eigenvalue weighted by Crippen LogP contribution is -2.18. The first kappa shape index (κ1) is 21.9. The van der Waals surface area contributed by atoms with Gasteiger partial charge in [-0.05, 0) is 120 Å². The summed E-state index contributed by atoms with van der Waals surface area (Å²) in [5, 5.41) is 0. The molecule has 64 heavy (non-hydrogen) atoms. The number of esters is 3. The molecule has 6 nitrogen and oxygen atoms in total. The molecule has 18 heteroatoms. The van der Waals surface area contributed by atoms with E-state index in [-0.39, 0.29) is 141 Å². The van der Waals surface area contributed by atoms with Crippen LogP contribution in [0.2, 0.25) is 0 Å². The van der Waals surface area contributed by atoms with E-state index in [4.69, 9.17) is 63.6 Å². The van der Waals surface area contributed by atoms with Gasteiger partial charge in [-0.3, -0.25) is 0 Å². The van der Waals surface area contributed by atoms with Crippen molar-refractivity contribution in [1.29, 1.82) is 0 Å². The maximum absolute atomic E-state index is 15.2. The minimum absolute atomic E-state index is 0.102. The fourth-order valence-corrected chi connectivity index (χ4v) is 22.5. The molecular formula is C46H51O6S12. The van der Waals surface area contributed by atoms with Crippen molar-refractivity contribution in [3.63, 3.8) is 0 Å². The third-order valence-electron chi connectivity index (χ3n) is 9.10. The predicted octanol–water partition coefficient (Wildman–Crippen LogP) is 16.8. The summed E-state index contributed by atoms with van der Waals surface area (Å²) in [5.74, 6) is -5.67. The molecule has 6 aliphatic rings. The smallest absolute Gasteiger partial charge is 0.340 e. The summed E-state index contributed by atoms with van der Waals surface area (Å²) in [5.41, 5.74) is -5.76. The molecular weight excluding hydrogens is 1030 g/mol. The van der Waals surface area contributed by atoms with Crippen LogP contribution in [0.25, 0.3) is 0 Å². The Kier molecular flexibility index (Phi) is 5.82. The van der Waals surface area contributed by atoms with Gasteiger partial charge in [-0.2, -0.15) is 0 Å². The molecule has 1 radical (unpaired) electrons. The molecule has 0 spiro atoms. The lowest BCUT2D eigenvalue weighted by atomic mass is 9.83. The van der Waals surface area contributed by atoms with Crippen LogP contribution in [-0.2, 0) is 14.2 Å². The molecule has 0 fully saturated rings. The van der Waals surface area contributed by atoms with Gasteiger partial charge in [0.25, 0.3) is 0 Å². The summed E-state index contributed by atoms with van der Waals surface area (Å²) >= 11 is -1.47. The second-order valence-electron chi connectivity index (χ2n) is 13.7. The fourth-order valence-electron chi connectivity index (χ4n) is 7.22. The van der Waals surface area contributed by atoms with Gasteiger partial charge in [0.1, 0.15) is 0 Å². The molecule has 0 atom stereocenters. The standard InChI is InChI=1S/C46H51O6S12/c1-16-50-38(47)23-32-26(53-41(4,5)59-32)20(27-33(23)60-42(6,7)54-27)19(21-28-34(61-43(8,9)55-28)24(39(48)51-17-2)35-29(21)56-44(10,11)62-35)22-30-36(63-45(12,13)57-30)25(40(49)52-18-3)37-31(22)58-46(14,15)64-37/h16-18H2,1-15H3/i4D3,5D3,6D3,7D3,8D3,9D3,10D3,11D3,12D3,13D3,14D3,15D3. The lowest BCUT2D eigenvalue weighted by Gasteiger charge is -2.31. The summed E-state index contributed by atoms with van der Waals surface area (Å²) in [4.78, 5) is 35.3. The highest BCUT2D eigenvalue weighted by Crippen LogP contribution is 2.74. The minimum Gasteiger partial charge on any atom is -0.462 e. The number of fused-ring (bicyclic) bond motifs is 6. The number of benzene rings is 3. The molecule has 6 aliphatic heterocycles. The molecule has 3 aromatic rings. The number of thioether (sulfide) groups is 12. The topological polar surface area (TPSA) is 78.9 Å². The number of hydrogen-bond donors (Lipinski definition) is 0. The van der Waals surface area contributed by atoms with Crippen LogP contribution in [0.4, 0.5) is 0 Å². The monoisotopic (exact) mass is 1120 g/mol. The normalized spacial score (nSPS) is 32.2. The van der Waals surface area contributed by atoms with Gasteiger partial charge in [0.15, 0.2) is 0 Å². The zero-order chi connectivity index (χ0) is 76.4. The molecule has 0 aliphatic carbocycles. The summed E-state index contributed by atoms with van der Waals surface area (Å²) in [7, 11) is 0. The van der Waals surface area contributed by atoms with E-state index in [2.05, 4.69) is 0 Å². The summed E-state index contributed by atoms with van der Waals surface area (Å²) in [6, 6.07) is 0. The number of rotatable bonds is 9. The highest BCUT2D eigenvalue weighted by atomic mass is 32.2. The summed E-state index contributed by atoms with van der Waals surface area (Å²) < 4.78 is 325. The van der Waals surface area contributed by atoms with Crippen LogP contribution in [0.5, 0.6) is 0 Å². The predicted molar refractivity (Wildman–Crippen MR) is 283 cm³/mol. The fraction of sp³-hybridized carbons (Fsp3) is 0.522. The maximum Gasteiger partial charge on any atom is 0.340 e. The third-order valence-corrected chi connectivity index (χ3v) is 23.7. The SMILES string of the molecule is [2H]C([2H])([2H])C1(C([2H])([2H])[2H])Sc2c(c(C(=O)OCC)c3c(c2[C](c2c4c(c(C(=O)OCC)c5c2SC(C([2H])([2H])[2H])(C([2H])([2H])[2H])S5)SC(C([2H])([2H])[2H])(C([2H])([2H])[2H])S4)c2c4c(c(C(=O)OCC)c5c2SC(C([2H])([2H])[2H])(C([2H])([2H])[2H])S5)SC(C([2H])([2H])[2H])(C([2H])([2H])[2H])S4)SC(C([2H])([2H])[2H])(C([2H])([2H])[2H])S3)S1. The van der Waals surface area contributed by atoms with Crippen molar-refractivity contribution in [2.24, 2.45) is 0 Å². The van der Waals surface area contributed by atoms with Crippen LogP contribution in [0.15, 0.2) is 58.7 Å². The van der Waals surface area contributed by atoms with Crippen molar-refractivity contribution in [2.75, 3.05) is 19.8 Å². The Labute approximate surface area is 480 Å². The van der Waals surface area contributed by atoms with E-state index in [1.807, 2.05) is 0 Å². The van der Waals surface area contributed by atoms with Crippen LogP contribution in [-0.4, -0.2) is 62.2 Å². The first-order valence-electron chi connectivity index (χ1n) is 36.1. The largest absolute Gasteiger partial charge is 0.462 e. The van der Waals surface area contributed by atoms with E-state index in [0.717, 1.165) is 0 Å². The molecule has 0 unspecified atom stereocenters. The quantitative estimate of drug-likeness (QED) is 0.116. The van der Waals surface area contributed by atoms with E-state index < -0.39 is 242 Å². The Hall–Kier alpha value is 0.270. The number of hydrogen-bond acceptors (Lipinski definition) is 18.